The van der Waals surface area contributed by atoms with Gasteiger partial charge in [-0.2, -0.15) is 0 Å². The van der Waals surface area contributed by atoms with Gasteiger partial charge in [0.05, 0.1) is 19.1 Å². The third kappa shape index (κ3) is 6.09. The number of nitrogens with zero attached hydrogens (tertiary/aromatic N) is 1. The molecule has 0 aliphatic carbocycles. The maximum Gasteiger partial charge on any atom is 0.411 e. The van der Waals surface area contributed by atoms with E-state index in [1.54, 1.807) is 20.8 Å². The molecule has 1 aliphatic heterocycles. The Hall–Kier alpha value is -3.35. The molecular weight excluding hydrogens is 406 g/mol. The molecule has 2 atom stereocenters. The quantitative estimate of drug-likeness (QED) is 0.751. The molecule has 1 aliphatic rings. The Morgan fingerprint density at radius 2 is 1.66 bits per heavy atom. The largest absolute Gasteiger partial charge is 0.444 e. The third-order valence-electron chi connectivity index (χ3n) is 5.28. The van der Waals surface area contributed by atoms with Crippen molar-refractivity contribution in [2.45, 2.75) is 58.3 Å². The van der Waals surface area contributed by atoms with Crippen LogP contribution in [0.3, 0.4) is 0 Å². The summed E-state index contributed by atoms with van der Waals surface area (Å²) in [5, 5.41) is 5.56. The predicted molar refractivity (Wildman–Crippen MR) is 122 cm³/mol. The Bertz CT molecular complexity index is 969. The van der Waals surface area contributed by atoms with Crippen LogP contribution in [0.2, 0.25) is 0 Å². The molecule has 0 radical (unpaired) electrons. The molecule has 2 aromatic rings. The van der Waals surface area contributed by atoms with Crippen LogP contribution < -0.4 is 10.6 Å². The van der Waals surface area contributed by atoms with Crippen LogP contribution in [0.25, 0.3) is 0 Å². The number of amides is 3. The first kappa shape index (κ1) is 23.3. The van der Waals surface area contributed by atoms with Gasteiger partial charge in [0, 0.05) is 6.42 Å². The standard InChI is InChI=1S/C25H31N3O4/c1-17(18-10-6-5-7-11-18)27-22(29)15-26-23(30)21-14-19-12-8-9-13-20(19)16-28(21)24(31)32-25(2,3)4/h5-13,17,21H,14-16H2,1-4H3,(H,26,30)(H,27,29)/t17?,21-/m1/s1. The van der Waals surface area contributed by atoms with Crippen molar-refractivity contribution < 1.29 is 19.1 Å². The van der Waals surface area contributed by atoms with Crippen LogP contribution in [0.4, 0.5) is 4.79 Å². The van der Waals surface area contributed by atoms with Gasteiger partial charge in [0.25, 0.3) is 0 Å². The molecular formula is C25H31N3O4. The third-order valence-corrected chi connectivity index (χ3v) is 5.28. The topological polar surface area (TPSA) is 87.7 Å². The summed E-state index contributed by atoms with van der Waals surface area (Å²) < 4.78 is 5.53. The maximum absolute atomic E-state index is 13.0. The normalized spacial score (nSPS) is 16.5. The van der Waals surface area contributed by atoms with Gasteiger partial charge in [0.2, 0.25) is 11.8 Å². The molecule has 32 heavy (non-hydrogen) atoms. The maximum atomic E-state index is 13.0. The smallest absolute Gasteiger partial charge is 0.411 e. The highest BCUT2D eigenvalue weighted by atomic mass is 16.6. The van der Waals surface area contributed by atoms with E-state index in [-0.39, 0.29) is 30.9 Å². The fourth-order valence-corrected chi connectivity index (χ4v) is 3.67. The lowest BCUT2D eigenvalue weighted by atomic mass is 9.94. The van der Waals surface area contributed by atoms with Crippen molar-refractivity contribution in [3.8, 4) is 0 Å². The van der Waals surface area contributed by atoms with Crippen molar-refractivity contribution in [1.82, 2.24) is 15.5 Å². The van der Waals surface area contributed by atoms with E-state index in [1.807, 2.05) is 61.5 Å². The van der Waals surface area contributed by atoms with Gasteiger partial charge >= 0.3 is 6.09 Å². The summed E-state index contributed by atoms with van der Waals surface area (Å²) in [6.45, 7) is 7.36. The van der Waals surface area contributed by atoms with Crippen LogP contribution in [0, 0.1) is 0 Å². The van der Waals surface area contributed by atoms with Crippen LogP contribution in [-0.2, 0) is 27.3 Å². The molecule has 0 bridgehead atoms. The number of nitrogens with one attached hydrogen (secondary N) is 2. The average molecular weight is 438 g/mol. The molecule has 1 heterocycles. The van der Waals surface area contributed by atoms with Gasteiger partial charge in [0.1, 0.15) is 11.6 Å². The van der Waals surface area contributed by atoms with Gasteiger partial charge in [-0.15, -0.1) is 0 Å². The summed E-state index contributed by atoms with van der Waals surface area (Å²) in [7, 11) is 0. The molecule has 0 aromatic heterocycles. The zero-order valence-corrected chi connectivity index (χ0v) is 19.1. The van der Waals surface area contributed by atoms with Crippen LogP contribution in [0.15, 0.2) is 54.6 Å². The number of ether oxygens (including phenoxy) is 1. The van der Waals surface area contributed by atoms with E-state index in [0.717, 1.165) is 16.7 Å². The SMILES string of the molecule is CC(NC(=O)CNC(=O)[C@H]1Cc2ccccc2CN1C(=O)OC(C)(C)C)c1ccccc1. The first-order chi connectivity index (χ1) is 15.1. The van der Waals surface area contributed by atoms with Crippen LogP contribution in [-0.4, -0.2) is 41.0 Å². The highest BCUT2D eigenvalue weighted by Gasteiger charge is 2.37. The van der Waals surface area contributed by atoms with Gasteiger partial charge in [-0.25, -0.2) is 4.79 Å². The fraction of sp³-hybridized carbons (Fsp3) is 0.400. The van der Waals surface area contributed by atoms with Crippen LogP contribution >= 0.6 is 0 Å². The Labute approximate surface area is 189 Å². The van der Waals surface area contributed by atoms with E-state index in [0.29, 0.717) is 6.42 Å². The van der Waals surface area contributed by atoms with E-state index in [9.17, 15) is 14.4 Å². The Morgan fingerprint density at radius 1 is 1.03 bits per heavy atom. The van der Waals surface area contributed by atoms with Gasteiger partial charge in [-0.1, -0.05) is 54.6 Å². The monoisotopic (exact) mass is 437 g/mol. The molecule has 2 aromatic carbocycles. The predicted octanol–water partition coefficient (Wildman–Crippen LogP) is 3.34. The number of benzene rings is 2. The van der Waals surface area contributed by atoms with Crippen LogP contribution in [0.5, 0.6) is 0 Å². The van der Waals surface area contributed by atoms with Crippen molar-refractivity contribution in [2.75, 3.05) is 6.54 Å². The number of carbonyl (C=O) groups excluding carboxylic acids is 3. The van der Waals surface area contributed by atoms with Gasteiger partial charge in [0.15, 0.2) is 0 Å². The lowest BCUT2D eigenvalue weighted by Crippen LogP contribution is -2.54. The second kappa shape index (κ2) is 9.85. The number of rotatable bonds is 5. The summed E-state index contributed by atoms with van der Waals surface area (Å²) in [5.41, 5.74) is 2.29. The number of hydrogen-bond donors (Lipinski definition) is 2. The second-order valence-corrected chi connectivity index (χ2v) is 9.01. The van der Waals surface area contributed by atoms with Gasteiger partial charge < -0.3 is 15.4 Å². The minimum atomic E-state index is -0.751. The zero-order chi connectivity index (χ0) is 23.3. The van der Waals surface area contributed by atoms with E-state index >= 15 is 0 Å². The second-order valence-electron chi connectivity index (χ2n) is 9.01. The molecule has 0 spiro atoms. The zero-order valence-electron chi connectivity index (χ0n) is 19.1. The molecule has 0 fully saturated rings. The molecule has 7 heteroatoms. The Kier molecular flexibility index (Phi) is 7.18. The van der Waals surface area contributed by atoms with Gasteiger partial charge in [-0.3, -0.25) is 14.5 Å². The molecule has 0 saturated heterocycles. The van der Waals surface area contributed by atoms with Crippen molar-refractivity contribution in [3.05, 3.63) is 71.3 Å². The molecule has 3 rings (SSSR count). The van der Waals surface area contributed by atoms with Gasteiger partial charge in [-0.05, 0) is 44.4 Å². The Balaban J connectivity index is 1.65. The molecule has 0 saturated carbocycles. The molecule has 170 valence electrons. The van der Waals surface area contributed by atoms with E-state index in [1.165, 1.54) is 4.90 Å². The lowest BCUT2D eigenvalue weighted by molar-refractivity contribution is -0.130. The van der Waals surface area contributed by atoms with E-state index in [4.69, 9.17) is 4.74 Å². The minimum Gasteiger partial charge on any atom is -0.444 e. The Morgan fingerprint density at radius 3 is 2.31 bits per heavy atom. The van der Waals surface area contributed by atoms with Crippen molar-refractivity contribution in [3.63, 3.8) is 0 Å². The molecule has 3 amide bonds. The first-order valence-corrected chi connectivity index (χ1v) is 10.8. The summed E-state index contributed by atoms with van der Waals surface area (Å²) in [5.74, 6) is -0.678. The van der Waals surface area contributed by atoms with Crippen LogP contribution in [0.1, 0.15) is 50.4 Å². The number of fused-ring (bicyclic) bond motifs is 1. The van der Waals surface area contributed by atoms with E-state index in [2.05, 4.69) is 10.6 Å². The molecule has 1 unspecified atom stereocenters. The highest BCUT2D eigenvalue weighted by molar-refractivity contribution is 5.90. The molecule has 2 N–H and O–H groups in total. The number of hydrogen-bond acceptors (Lipinski definition) is 4. The summed E-state index contributed by atoms with van der Waals surface area (Å²) >= 11 is 0. The van der Waals surface area contributed by atoms with Crippen molar-refractivity contribution >= 4 is 17.9 Å². The summed E-state index contributed by atoms with van der Waals surface area (Å²) in [6, 6.07) is 16.4. The minimum absolute atomic E-state index is 0.170. The first-order valence-electron chi connectivity index (χ1n) is 10.8. The van der Waals surface area contributed by atoms with E-state index < -0.39 is 17.7 Å². The fourth-order valence-electron chi connectivity index (χ4n) is 3.67. The summed E-state index contributed by atoms with van der Waals surface area (Å²) in [4.78, 5) is 39.7. The summed E-state index contributed by atoms with van der Waals surface area (Å²) in [6.07, 6.45) is -0.183. The number of carbonyl (C=O) groups is 3. The van der Waals surface area contributed by atoms with Crippen molar-refractivity contribution in [1.29, 1.82) is 0 Å². The highest BCUT2D eigenvalue weighted by Crippen LogP contribution is 2.25. The molecule has 7 nitrogen and oxygen atoms in total. The lowest BCUT2D eigenvalue weighted by Gasteiger charge is -2.36. The van der Waals surface area contributed by atoms with Crippen molar-refractivity contribution in [2.24, 2.45) is 0 Å². The average Bonchev–Trinajstić information content (AvgIpc) is 2.76.